The molecule has 0 saturated carbocycles. The van der Waals surface area contributed by atoms with Crippen molar-refractivity contribution in [3.63, 3.8) is 0 Å². The average Bonchev–Trinajstić information content (AvgIpc) is 3.60. The van der Waals surface area contributed by atoms with Crippen LogP contribution in [0.4, 0.5) is 0 Å². The molecule has 0 spiro atoms. The molecule has 10 rings (SSSR count). The number of fused-ring (bicyclic) bond motifs is 3. The SMILES string of the molecule is [Pt+2].[c-]1c(Oc2cc(-c3ccccc3)ccn2)cc(-c2ccccc2)cc1-c1[c-]c2c(cc1)c1cc(-c3ccccc3)ccc1n2-c1cc(-c2ccccc2)ccn1. The molecule has 0 aliphatic carbocycles. The number of benzene rings is 7. The Morgan fingerprint density at radius 3 is 1.60 bits per heavy atom. The first-order valence-electron chi connectivity index (χ1n) is 18.6. The second-order valence-corrected chi connectivity index (χ2v) is 13.7. The summed E-state index contributed by atoms with van der Waals surface area (Å²) in [6, 6.07) is 72.3. The Hall–Kier alpha value is -6.87. The molecular formula is C52H33N3OPt. The van der Waals surface area contributed by atoms with Crippen molar-refractivity contribution in [3.8, 4) is 73.1 Å². The third-order valence-electron chi connectivity index (χ3n) is 10.2. The van der Waals surface area contributed by atoms with Gasteiger partial charge in [-0.2, -0.15) is 18.2 Å². The topological polar surface area (TPSA) is 39.9 Å². The molecule has 3 aromatic heterocycles. The monoisotopic (exact) mass is 910 g/mol. The van der Waals surface area contributed by atoms with E-state index in [1.165, 1.54) is 5.56 Å². The van der Waals surface area contributed by atoms with Gasteiger partial charge in [-0.3, -0.25) is 0 Å². The van der Waals surface area contributed by atoms with E-state index in [4.69, 9.17) is 9.72 Å². The Labute approximate surface area is 346 Å². The number of hydrogen-bond acceptors (Lipinski definition) is 3. The first-order valence-corrected chi connectivity index (χ1v) is 18.6. The fourth-order valence-corrected chi connectivity index (χ4v) is 7.43. The minimum Gasteiger partial charge on any atom is -0.460 e. The summed E-state index contributed by atoms with van der Waals surface area (Å²) in [4.78, 5) is 9.52. The summed E-state index contributed by atoms with van der Waals surface area (Å²) < 4.78 is 8.74. The van der Waals surface area contributed by atoms with E-state index in [0.29, 0.717) is 11.6 Å². The van der Waals surface area contributed by atoms with E-state index < -0.39 is 0 Å². The summed E-state index contributed by atoms with van der Waals surface area (Å²) in [6.07, 6.45) is 3.67. The maximum atomic E-state index is 6.51. The van der Waals surface area contributed by atoms with Gasteiger partial charge in [0.25, 0.3) is 0 Å². The Kier molecular flexibility index (Phi) is 9.86. The number of pyridine rings is 2. The predicted octanol–water partition coefficient (Wildman–Crippen LogP) is 13.3. The minimum atomic E-state index is 0. The van der Waals surface area contributed by atoms with Crippen LogP contribution in [0.2, 0.25) is 0 Å². The van der Waals surface area contributed by atoms with Gasteiger partial charge in [0, 0.05) is 29.7 Å². The molecule has 4 nitrogen and oxygen atoms in total. The van der Waals surface area contributed by atoms with Crippen LogP contribution >= 0.6 is 0 Å². The Morgan fingerprint density at radius 1 is 0.404 bits per heavy atom. The van der Waals surface area contributed by atoms with Crippen molar-refractivity contribution in [1.82, 2.24) is 14.5 Å². The van der Waals surface area contributed by atoms with Gasteiger partial charge in [0.05, 0.1) is 0 Å². The zero-order chi connectivity index (χ0) is 37.3. The summed E-state index contributed by atoms with van der Waals surface area (Å²) in [6.45, 7) is 0. The second kappa shape index (κ2) is 15.7. The number of rotatable bonds is 8. The Morgan fingerprint density at radius 2 is 0.965 bits per heavy atom. The third kappa shape index (κ3) is 7.20. The molecule has 0 saturated heterocycles. The van der Waals surface area contributed by atoms with Gasteiger partial charge in [0.2, 0.25) is 5.88 Å². The number of aromatic nitrogens is 3. The van der Waals surface area contributed by atoms with E-state index >= 15 is 0 Å². The zero-order valence-electron chi connectivity index (χ0n) is 30.6. The van der Waals surface area contributed by atoms with Gasteiger partial charge in [0.1, 0.15) is 5.82 Å². The van der Waals surface area contributed by atoms with Crippen LogP contribution in [-0.4, -0.2) is 14.5 Å². The van der Waals surface area contributed by atoms with Crippen LogP contribution in [0.15, 0.2) is 200 Å². The molecule has 3 heterocycles. The second-order valence-electron chi connectivity index (χ2n) is 13.7. The quantitative estimate of drug-likeness (QED) is 0.143. The van der Waals surface area contributed by atoms with Crippen LogP contribution in [0.3, 0.4) is 0 Å². The van der Waals surface area contributed by atoms with Gasteiger partial charge in [0.15, 0.2) is 0 Å². The van der Waals surface area contributed by atoms with Crippen molar-refractivity contribution in [2.45, 2.75) is 0 Å². The van der Waals surface area contributed by atoms with Gasteiger partial charge in [-0.15, -0.1) is 17.7 Å². The standard InChI is InChI=1S/C52H33N3O.Pt/c1-5-13-36(14-6-1)40-22-24-49-48(32-40)47-23-21-41(33-50(47)55(49)51-34-42(25-27-53-51)37-15-7-2-8-16-37)45-29-44(39-19-11-4-12-20-39)30-46(31-45)56-52-35-43(26-28-54-52)38-17-9-3-10-18-38;/h1-30,32,34-35H;/q-2;+2. The van der Waals surface area contributed by atoms with Crippen molar-refractivity contribution in [2.75, 3.05) is 0 Å². The summed E-state index contributed by atoms with van der Waals surface area (Å²) >= 11 is 0. The smallest absolute Gasteiger partial charge is 0.460 e. The Bertz CT molecular complexity index is 2980. The molecule has 7 aromatic carbocycles. The maximum absolute atomic E-state index is 6.51. The minimum absolute atomic E-state index is 0. The van der Waals surface area contributed by atoms with E-state index in [1.54, 1.807) is 6.20 Å². The molecule has 57 heavy (non-hydrogen) atoms. The van der Waals surface area contributed by atoms with Gasteiger partial charge in [-0.05, 0) is 74.1 Å². The zero-order valence-corrected chi connectivity index (χ0v) is 32.9. The predicted molar refractivity (Wildman–Crippen MR) is 228 cm³/mol. The van der Waals surface area contributed by atoms with Gasteiger partial charge in [-0.25, -0.2) is 21.1 Å². The first-order chi connectivity index (χ1) is 27.7. The largest absolute Gasteiger partial charge is 2.00 e. The molecule has 0 unspecified atom stereocenters. The van der Waals surface area contributed by atoms with Gasteiger partial charge >= 0.3 is 21.1 Å². The molecule has 0 N–H and O–H groups in total. The number of nitrogens with zero attached hydrogens (tertiary/aromatic N) is 3. The molecule has 272 valence electrons. The third-order valence-corrected chi connectivity index (χ3v) is 10.2. The molecule has 0 bridgehead atoms. The average molecular weight is 911 g/mol. The van der Waals surface area contributed by atoms with Crippen LogP contribution in [0.25, 0.3) is 83.3 Å². The van der Waals surface area contributed by atoms with Crippen molar-refractivity contribution in [1.29, 1.82) is 0 Å². The van der Waals surface area contributed by atoms with E-state index in [1.807, 2.05) is 72.9 Å². The van der Waals surface area contributed by atoms with E-state index in [2.05, 4.69) is 143 Å². The van der Waals surface area contributed by atoms with Crippen molar-refractivity contribution < 1.29 is 25.8 Å². The maximum Gasteiger partial charge on any atom is 2.00 e. The van der Waals surface area contributed by atoms with E-state index in [9.17, 15) is 0 Å². The summed E-state index contributed by atoms with van der Waals surface area (Å²) in [5, 5.41) is 2.22. The van der Waals surface area contributed by atoms with Crippen LogP contribution in [0, 0.1) is 12.1 Å². The fraction of sp³-hybridized carbons (Fsp3) is 0. The molecular weight excluding hydrogens is 878 g/mol. The molecule has 0 aliphatic heterocycles. The molecule has 10 aromatic rings. The first kappa shape index (κ1) is 35.8. The van der Waals surface area contributed by atoms with Gasteiger partial charge < -0.3 is 9.30 Å². The fourth-order valence-electron chi connectivity index (χ4n) is 7.43. The summed E-state index contributed by atoms with van der Waals surface area (Å²) in [5.41, 5.74) is 12.5. The number of ether oxygens (including phenoxy) is 1. The summed E-state index contributed by atoms with van der Waals surface area (Å²) in [5.74, 6) is 1.89. The van der Waals surface area contributed by atoms with E-state index in [-0.39, 0.29) is 21.1 Å². The van der Waals surface area contributed by atoms with Crippen LogP contribution in [0.5, 0.6) is 11.6 Å². The molecule has 0 aliphatic rings. The number of hydrogen-bond donors (Lipinski definition) is 0. The van der Waals surface area contributed by atoms with Gasteiger partial charge in [-0.1, -0.05) is 145 Å². The molecule has 5 heteroatoms. The van der Waals surface area contributed by atoms with E-state index in [0.717, 1.165) is 77.7 Å². The normalized spacial score (nSPS) is 11.0. The summed E-state index contributed by atoms with van der Waals surface area (Å²) in [7, 11) is 0. The molecule has 0 radical (unpaired) electrons. The van der Waals surface area contributed by atoms with Crippen molar-refractivity contribution in [2.24, 2.45) is 0 Å². The molecule has 0 fully saturated rings. The van der Waals surface area contributed by atoms with Crippen molar-refractivity contribution >= 4 is 21.8 Å². The Balaban J connectivity index is 0.00000422. The molecule has 0 amide bonds. The molecule has 0 atom stereocenters. The van der Waals surface area contributed by atoms with Crippen LogP contribution in [-0.2, 0) is 21.1 Å². The van der Waals surface area contributed by atoms with Crippen LogP contribution < -0.4 is 4.74 Å². The van der Waals surface area contributed by atoms with Crippen LogP contribution in [0.1, 0.15) is 0 Å². The van der Waals surface area contributed by atoms with Crippen molar-refractivity contribution in [3.05, 3.63) is 213 Å².